The summed E-state index contributed by atoms with van der Waals surface area (Å²) < 4.78 is 70.3. The predicted molar refractivity (Wildman–Crippen MR) is 198 cm³/mol. The third-order valence-electron chi connectivity index (χ3n) is 7.17. The molecule has 0 rings (SSSR count). The van der Waals surface area contributed by atoms with E-state index in [2.05, 4.69) is 13.8 Å². The molecule has 53 heavy (non-hydrogen) atoms. The summed E-state index contributed by atoms with van der Waals surface area (Å²) in [5.41, 5.74) is 0. The van der Waals surface area contributed by atoms with E-state index in [0.29, 0.717) is 158 Å². The lowest BCUT2D eigenvalue weighted by Crippen LogP contribution is -2.16. The maximum absolute atomic E-state index is 11.6. The quantitative estimate of drug-likeness (QED) is 0.0642. The third-order valence-corrected chi connectivity index (χ3v) is 7.17. The van der Waals surface area contributed by atoms with Crippen LogP contribution in [0.3, 0.4) is 0 Å². The molecule has 0 aromatic heterocycles. The van der Waals surface area contributed by atoms with Gasteiger partial charge in [-0.1, -0.05) is 52.4 Å². The minimum absolute atomic E-state index is 0.151. The molecule has 0 fully saturated rings. The van der Waals surface area contributed by atoms with Crippen molar-refractivity contribution in [2.24, 2.45) is 0 Å². The summed E-state index contributed by atoms with van der Waals surface area (Å²) in [4.78, 5) is 23.1. The fraction of sp³-hybridized carbons (Fsp3) is 0.947. The molecule has 0 aromatic rings. The highest BCUT2D eigenvalue weighted by Gasteiger charge is 2.03. The van der Waals surface area contributed by atoms with E-state index in [-0.39, 0.29) is 25.2 Å². The second-order valence-electron chi connectivity index (χ2n) is 11.8. The summed E-state index contributed by atoms with van der Waals surface area (Å²) in [6.07, 6.45) is 9.53. The number of ether oxygens (including phenoxy) is 13. The molecular weight excluding hydrogens is 696 g/mol. The average molecular weight is 771 g/mol. The molecule has 0 atom stereocenters. The largest absolute Gasteiger partial charge is 0.463 e. The molecule has 15 heteroatoms. The molecule has 15 nitrogen and oxygen atoms in total. The van der Waals surface area contributed by atoms with E-state index >= 15 is 0 Å². The van der Waals surface area contributed by atoms with Gasteiger partial charge in [0.15, 0.2) is 0 Å². The highest BCUT2D eigenvalue weighted by atomic mass is 16.6. The number of esters is 2. The van der Waals surface area contributed by atoms with Gasteiger partial charge in [0.1, 0.15) is 13.2 Å². The Morgan fingerprint density at radius 3 is 0.698 bits per heavy atom. The van der Waals surface area contributed by atoms with Crippen molar-refractivity contribution in [3.05, 3.63) is 0 Å². The van der Waals surface area contributed by atoms with Crippen molar-refractivity contribution in [3.8, 4) is 0 Å². The van der Waals surface area contributed by atoms with E-state index < -0.39 is 0 Å². The first kappa shape index (κ1) is 51.5. The Morgan fingerprint density at radius 1 is 0.264 bits per heavy atom. The fourth-order valence-electron chi connectivity index (χ4n) is 4.27. The second-order valence-corrected chi connectivity index (χ2v) is 11.8. The summed E-state index contributed by atoms with van der Waals surface area (Å²) in [6.45, 7) is 15.2. The van der Waals surface area contributed by atoms with Crippen LogP contribution in [0.25, 0.3) is 0 Å². The second kappa shape index (κ2) is 46.7. The SMILES string of the molecule is CCCCCCCC(=O)OCCOCCOCCOCCOCCOCCOCCOCCOCCOCCOCCOCCOC(=O)CCCCC. The van der Waals surface area contributed by atoms with Gasteiger partial charge in [-0.3, -0.25) is 9.59 Å². The van der Waals surface area contributed by atoms with Crippen molar-refractivity contribution < 1.29 is 71.2 Å². The zero-order valence-corrected chi connectivity index (χ0v) is 33.2. The average Bonchev–Trinajstić information content (AvgIpc) is 3.16. The molecule has 0 heterocycles. The van der Waals surface area contributed by atoms with Gasteiger partial charge in [-0.25, -0.2) is 0 Å². The molecule has 0 aromatic carbocycles. The van der Waals surface area contributed by atoms with Gasteiger partial charge < -0.3 is 61.6 Å². The molecule has 0 radical (unpaired) electrons. The number of rotatable bonds is 46. The molecule has 0 aliphatic heterocycles. The molecule has 0 spiro atoms. The Kier molecular flexibility index (Phi) is 45.3. The van der Waals surface area contributed by atoms with Crippen molar-refractivity contribution in [1.29, 1.82) is 0 Å². The molecule has 0 aliphatic rings. The molecule has 0 amide bonds. The van der Waals surface area contributed by atoms with E-state index in [0.717, 1.165) is 32.1 Å². The summed E-state index contributed by atoms with van der Waals surface area (Å²) in [7, 11) is 0. The van der Waals surface area contributed by atoms with Crippen LogP contribution >= 0.6 is 0 Å². The first-order valence-electron chi connectivity index (χ1n) is 19.9. The van der Waals surface area contributed by atoms with Crippen LogP contribution in [-0.2, 0) is 71.2 Å². The van der Waals surface area contributed by atoms with Crippen LogP contribution in [-0.4, -0.2) is 171 Å². The summed E-state index contributed by atoms with van der Waals surface area (Å²) >= 11 is 0. The Labute approximate surface area is 319 Å². The normalized spacial score (nSPS) is 11.4. The topological polar surface area (TPSA) is 154 Å². The van der Waals surface area contributed by atoms with Crippen LogP contribution in [0.1, 0.15) is 78.1 Å². The first-order valence-corrected chi connectivity index (χ1v) is 19.9. The van der Waals surface area contributed by atoms with Gasteiger partial charge >= 0.3 is 11.9 Å². The van der Waals surface area contributed by atoms with Gasteiger partial charge in [0, 0.05) is 12.8 Å². The van der Waals surface area contributed by atoms with Gasteiger partial charge in [-0.05, 0) is 12.8 Å². The van der Waals surface area contributed by atoms with Crippen molar-refractivity contribution in [1.82, 2.24) is 0 Å². The van der Waals surface area contributed by atoms with Gasteiger partial charge in [0.2, 0.25) is 0 Å². The molecule has 0 bridgehead atoms. The lowest BCUT2D eigenvalue weighted by molar-refractivity contribution is -0.146. The smallest absolute Gasteiger partial charge is 0.305 e. The maximum Gasteiger partial charge on any atom is 0.305 e. The Hall–Kier alpha value is -1.50. The Bertz CT molecular complexity index is 732. The molecule has 0 unspecified atom stereocenters. The summed E-state index contributed by atoms with van der Waals surface area (Å²) in [5.74, 6) is -0.313. The highest BCUT2D eigenvalue weighted by Crippen LogP contribution is 2.05. The van der Waals surface area contributed by atoms with Crippen LogP contribution in [0.4, 0.5) is 0 Å². The van der Waals surface area contributed by atoms with Crippen molar-refractivity contribution >= 4 is 11.9 Å². The Balaban J connectivity index is 3.11. The van der Waals surface area contributed by atoms with Crippen LogP contribution in [0.5, 0.6) is 0 Å². The van der Waals surface area contributed by atoms with Crippen molar-refractivity contribution in [3.63, 3.8) is 0 Å². The predicted octanol–water partition coefficient (Wildman–Crippen LogP) is 4.20. The molecule has 0 aliphatic carbocycles. The zero-order chi connectivity index (χ0) is 38.4. The van der Waals surface area contributed by atoms with E-state index in [1.54, 1.807) is 0 Å². The fourth-order valence-corrected chi connectivity index (χ4v) is 4.27. The monoisotopic (exact) mass is 771 g/mol. The summed E-state index contributed by atoms with van der Waals surface area (Å²) in [5, 5.41) is 0. The van der Waals surface area contributed by atoms with Gasteiger partial charge in [0.05, 0.1) is 145 Å². The van der Waals surface area contributed by atoms with Gasteiger partial charge in [0.25, 0.3) is 0 Å². The maximum atomic E-state index is 11.6. The minimum Gasteiger partial charge on any atom is -0.463 e. The van der Waals surface area contributed by atoms with Gasteiger partial charge in [-0.15, -0.1) is 0 Å². The zero-order valence-electron chi connectivity index (χ0n) is 33.2. The molecule has 316 valence electrons. The molecule has 0 saturated carbocycles. The standard InChI is InChI=1S/C38H74O15/c1-3-5-7-8-10-12-38(40)53-36-34-51-32-30-49-28-26-47-24-22-45-20-18-43-16-14-41-13-15-42-17-19-44-21-23-46-25-27-48-29-31-50-33-35-52-37(39)11-9-6-4-2/h3-36H2,1-2H3. The first-order chi connectivity index (χ1) is 26.2. The lowest BCUT2D eigenvalue weighted by Gasteiger charge is -2.09. The van der Waals surface area contributed by atoms with Crippen LogP contribution in [0.15, 0.2) is 0 Å². The minimum atomic E-state index is -0.162. The molecular formula is C38H74O15. The van der Waals surface area contributed by atoms with Crippen LogP contribution in [0.2, 0.25) is 0 Å². The van der Waals surface area contributed by atoms with Crippen LogP contribution < -0.4 is 0 Å². The van der Waals surface area contributed by atoms with Crippen LogP contribution in [0, 0.1) is 0 Å². The van der Waals surface area contributed by atoms with E-state index in [9.17, 15) is 9.59 Å². The Morgan fingerprint density at radius 2 is 0.453 bits per heavy atom. The third kappa shape index (κ3) is 46.6. The molecule has 0 saturated heterocycles. The van der Waals surface area contributed by atoms with E-state index in [1.807, 2.05) is 0 Å². The number of hydrogen-bond donors (Lipinski definition) is 0. The molecule has 0 N–H and O–H groups in total. The van der Waals surface area contributed by atoms with Gasteiger partial charge in [-0.2, -0.15) is 0 Å². The number of unbranched alkanes of at least 4 members (excludes halogenated alkanes) is 6. The van der Waals surface area contributed by atoms with E-state index in [4.69, 9.17) is 61.6 Å². The lowest BCUT2D eigenvalue weighted by atomic mass is 10.1. The number of carbonyl (C=O) groups excluding carboxylic acids is 2. The van der Waals surface area contributed by atoms with Crippen molar-refractivity contribution in [2.75, 3.05) is 159 Å². The number of hydrogen-bond acceptors (Lipinski definition) is 15. The van der Waals surface area contributed by atoms with Crippen molar-refractivity contribution in [2.45, 2.75) is 78.1 Å². The highest BCUT2D eigenvalue weighted by molar-refractivity contribution is 5.69. The summed E-state index contributed by atoms with van der Waals surface area (Å²) in [6, 6.07) is 0. The number of carbonyl (C=O) groups is 2. The van der Waals surface area contributed by atoms with E-state index in [1.165, 1.54) is 19.3 Å².